The molecule has 94 valence electrons. The number of benzene rings is 1. The highest BCUT2D eigenvalue weighted by Gasteiger charge is 2.15. The Balaban J connectivity index is 2.22. The molecule has 0 radical (unpaired) electrons. The van der Waals surface area contributed by atoms with Crippen molar-refractivity contribution >= 4 is 0 Å². The number of hydrogen-bond donors (Lipinski definition) is 1. The SMILES string of the molecule is Cc1ccc(C(O)Cc2ncccc2C)c(F)c1. The maximum atomic E-state index is 13.7. The minimum atomic E-state index is -0.862. The van der Waals surface area contributed by atoms with Gasteiger partial charge in [-0.1, -0.05) is 18.2 Å². The maximum absolute atomic E-state index is 13.7. The van der Waals surface area contributed by atoms with Crippen LogP contribution in [-0.2, 0) is 6.42 Å². The van der Waals surface area contributed by atoms with Gasteiger partial charge in [-0.05, 0) is 37.1 Å². The van der Waals surface area contributed by atoms with Gasteiger partial charge < -0.3 is 5.11 Å². The summed E-state index contributed by atoms with van der Waals surface area (Å²) in [4.78, 5) is 4.21. The predicted molar refractivity (Wildman–Crippen MR) is 68.8 cm³/mol. The fourth-order valence-electron chi connectivity index (χ4n) is 1.93. The average molecular weight is 245 g/mol. The number of aryl methyl sites for hydroxylation is 2. The maximum Gasteiger partial charge on any atom is 0.129 e. The second-order valence-corrected chi connectivity index (χ2v) is 4.51. The number of pyridine rings is 1. The van der Waals surface area contributed by atoms with Crippen molar-refractivity contribution in [2.24, 2.45) is 0 Å². The van der Waals surface area contributed by atoms with Crippen molar-refractivity contribution < 1.29 is 9.50 Å². The molecule has 0 saturated carbocycles. The number of aliphatic hydroxyl groups excluding tert-OH is 1. The molecular formula is C15H16FNO. The molecule has 0 aliphatic heterocycles. The number of rotatable bonds is 3. The van der Waals surface area contributed by atoms with Gasteiger partial charge in [-0.3, -0.25) is 4.98 Å². The number of aromatic nitrogens is 1. The third-order valence-electron chi connectivity index (χ3n) is 3.02. The first-order valence-electron chi connectivity index (χ1n) is 5.92. The summed E-state index contributed by atoms with van der Waals surface area (Å²) in [7, 11) is 0. The zero-order valence-corrected chi connectivity index (χ0v) is 10.5. The van der Waals surface area contributed by atoms with E-state index >= 15 is 0 Å². The number of hydrogen-bond acceptors (Lipinski definition) is 2. The Morgan fingerprint density at radius 3 is 2.72 bits per heavy atom. The van der Waals surface area contributed by atoms with Crippen molar-refractivity contribution in [2.45, 2.75) is 26.4 Å². The lowest BCUT2D eigenvalue weighted by molar-refractivity contribution is 0.172. The number of halogens is 1. The van der Waals surface area contributed by atoms with Gasteiger partial charge in [-0.2, -0.15) is 0 Å². The van der Waals surface area contributed by atoms with Crippen molar-refractivity contribution in [1.29, 1.82) is 0 Å². The molecule has 1 N–H and O–H groups in total. The van der Waals surface area contributed by atoms with Gasteiger partial charge in [0.1, 0.15) is 5.82 Å². The zero-order valence-electron chi connectivity index (χ0n) is 10.5. The summed E-state index contributed by atoms with van der Waals surface area (Å²) in [6, 6.07) is 8.64. The molecule has 0 amide bonds. The lowest BCUT2D eigenvalue weighted by Crippen LogP contribution is -2.07. The molecule has 2 rings (SSSR count). The van der Waals surface area contributed by atoms with Gasteiger partial charge >= 0.3 is 0 Å². The number of aliphatic hydroxyl groups is 1. The normalized spacial score (nSPS) is 12.4. The molecule has 0 fully saturated rings. The standard InChI is InChI=1S/C15H16FNO/c1-10-5-6-12(13(16)8-10)15(18)9-14-11(2)4-3-7-17-14/h3-8,15,18H,9H2,1-2H3. The minimum absolute atomic E-state index is 0.325. The molecule has 0 aliphatic carbocycles. The largest absolute Gasteiger partial charge is 0.388 e. The third kappa shape index (κ3) is 2.74. The predicted octanol–water partition coefficient (Wildman–Crippen LogP) is 3.11. The van der Waals surface area contributed by atoms with Crippen molar-refractivity contribution in [3.8, 4) is 0 Å². The van der Waals surface area contributed by atoms with Gasteiger partial charge in [0.2, 0.25) is 0 Å². The van der Waals surface area contributed by atoms with Crippen molar-refractivity contribution in [2.75, 3.05) is 0 Å². The zero-order chi connectivity index (χ0) is 13.1. The summed E-state index contributed by atoms with van der Waals surface area (Å²) < 4.78 is 13.7. The topological polar surface area (TPSA) is 33.1 Å². The monoisotopic (exact) mass is 245 g/mol. The molecule has 2 nitrogen and oxygen atoms in total. The van der Waals surface area contributed by atoms with Gasteiger partial charge in [0.15, 0.2) is 0 Å². The van der Waals surface area contributed by atoms with Gasteiger partial charge in [-0.15, -0.1) is 0 Å². The summed E-state index contributed by atoms with van der Waals surface area (Å²) in [6.07, 6.45) is 1.15. The van der Waals surface area contributed by atoms with Crippen molar-refractivity contribution in [3.63, 3.8) is 0 Å². The molecular weight excluding hydrogens is 229 g/mol. The molecule has 2 aromatic rings. The smallest absolute Gasteiger partial charge is 0.129 e. The van der Waals surface area contributed by atoms with E-state index in [1.54, 1.807) is 18.3 Å². The van der Waals surface area contributed by atoms with Gasteiger partial charge in [0, 0.05) is 23.9 Å². The molecule has 1 aromatic heterocycles. The van der Waals surface area contributed by atoms with Crippen LogP contribution in [0.4, 0.5) is 4.39 Å². The van der Waals surface area contributed by atoms with Crippen LogP contribution in [0.15, 0.2) is 36.5 Å². The Morgan fingerprint density at radius 1 is 1.28 bits per heavy atom. The molecule has 0 aliphatic rings. The van der Waals surface area contributed by atoms with Crippen LogP contribution < -0.4 is 0 Å². The number of nitrogens with zero attached hydrogens (tertiary/aromatic N) is 1. The fourth-order valence-corrected chi connectivity index (χ4v) is 1.93. The average Bonchev–Trinajstić information content (AvgIpc) is 2.32. The van der Waals surface area contributed by atoms with E-state index in [4.69, 9.17) is 0 Å². The second-order valence-electron chi connectivity index (χ2n) is 4.51. The van der Waals surface area contributed by atoms with Gasteiger partial charge in [0.05, 0.1) is 6.10 Å². The van der Waals surface area contributed by atoms with Crippen LogP contribution in [0.2, 0.25) is 0 Å². The quantitative estimate of drug-likeness (QED) is 0.901. The second kappa shape index (κ2) is 5.27. The summed E-state index contributed by atoms with van der Waals surface area (Å²) in [6.45, 7) is 3.75. The van der Waals surface area contributed by atoms with Gasteiger partial charge in [0.25, 0.3) is 0 Å². The van der Waals surface area contributed by atoms with E-state index in [2.05, 4.69) is 4.98 Å². The van der Waals surface area contributed by atoms with Crippen LogP contribution in [0.25, 0.3) is 0 Å². The summed E-state index contributed by atoms with van der Waals surface area (Å²) in [5.74, 6) is -0.365. The molecule has 1 aromatic carbocycles. The van der Waals surface area contributed by atoms with Crippen LogP contribution in [0.5, 0.6) is 0 Å². The highest BCUT2D eigenvalue weighted by atomic mass is 19.1. The first kappa shape index (κ1) is 12.7. The first-order chi connectivity index (χ1) is 8.58. The molecule has 0 bridgehead atoms. The van der Waals surface area contributed by atoms with Crippen LogP contribution in [-0.4, -0.2) is 10.1 Å². The third-order valence-corrected chi connectivity index (χ3v) is 3.02. The van der Waals surface area contributed by atoms with E-state index in [1.807, 2.05) is 26.0 Å². The summed E-state index contributed by atoms with van der Waals surface area (Å²) in [5.41, 5.74) is 2.97. The van der Waals surface area contributed by atoms with Crippen LogP contribution >= 0.6 is 0 Å². The van der Waals surface area contributed by atoms with Crippen molar-refractivity contribution in [1.82, 2.24) is 4.98 Å². The highest BCUT2D eigenvalue weighted by molar-refractivity contribution is 5.27. The molecule has 0 spiro atoms. The molecule has 1 atom stereocenters. The minimum Gasteiger partial charge on any atom is -0.388 e. The lowest BCUT2D eigenvalue weighted by atomic mass is 10.0. The van der Waals surface area contributed by atoms with Crippen LogP contribution in [0.3, 0.4) is 0 Å². The van der Waals surface area contributed by atoms with E-state index in [0.717, 1.165) is 16.8 Å². The Labute approximate surface area is 106 Å². The van der Waals surface area contributed by atoms with E-state index in [-0.39, 0.29) is 5.82 Å². The summed E-state index contributed by atoms with van der Waals surface area (Å²) in [5, 5.41) is 10.1. The van der Waals surface area contributed by atoms with Gasteiger partial charge in [-0.25, -0.2) is 4.39 Å². The van der Waals surface area contributed by atoms with E-state index < -0.39 is 6.10 Å². The Bertz CT molecular complexity index is 554. The summed E-state index contributed by atoms with van der Waals surface area (Å²) >= 11 is 0. The molecule has 1 unspecified atom stereocenters. The Kier molecular flexibility index (Phi) is 3.72. The van der Waals surface area contributed by atoms with E-state index in [0.29, 0.717) is 12.0 Å². The van der Waals surface area contributed by atoms with Crippen molar-refractivity contribution in [3.05, 3.63) is 64.7 Å². The highest BCUT2D eigenvalue weighted by Crippen LogP contribution is 2.22. The molecule has 1 heterocycles. The molecule has 0 saturated heterocycles. The van der Waals surface area contributed by atoms with E-state index in [1.165, 1.54) is 6.07 Å². The van der Waals surface area contributed by atoms with Crippen LogP contribution in [0, 0.1) is 19.7 Å². The molecule has 18 heavy (non-hydrogen) atoms. The first-order valence-corrected chi connectivity index (χ1v) is 5.92. The molecule has 3 heteroatoms. The Morgan fingerprint density at radius 2 is 2.06 bits per heavy atom. The lowest BCUT2D eigenvalue weighted by Gasteiger charge is -2.13. The van der Waals surface area contributed by atoms with E-state index in [9.17, 15) is 9.50 Å². The van der Waals surface area contributed by atoms with Crippen LogP contribution in [0.1, 0.15) is 28.5 Å². The Hall–Kier alpha value is -1.74. The fraction of sp³-hybridized carbons (Fsp3) is 0.267.